The number of amides is 1. The number of imidazole rings is 1. The molecule has 134 valence electrons. The molecule has 0 spiro atoms. The number of thioether (sulfide) groups is 1. The molecule has 3 aromatic rings. The average Bonchev–Trinajstić information content (AvgIpc) is 3.28. The maximum Gasteiger partial charge on any atom is 0.251 e. The number of nitrogens with one attached hydrogen (secondary N) is 1. The van der Waals surface area contributed by atoms with Crippen molar-refractivity contribution in [2.75, 3.05) is 5.75 Å². The van der Waals surface area contributed by atoms with Crippen molar-refractivity contribution in [2.45, 2.75) is 25.2 Å². The third-order valence-electron chi connectivity index (χ3n) is 4.60. The fourth-order valence-corrected chi connectivity index (χ4v) is 4.09. The minimum atomic E-state index is -0.157. The fraction of sp³-hybridized carbons (Fsp3) is 0.190. The van der Waals surface area contributed by atoms with Crippen molar-refractivity contribution in [3.63, 3.8) is 0 Å². The maximum atomic E-state index is 12.5. The Morgan fingerprint density at radius 1 is 1.22 bits per heavy atom. The van der Waals surface area contributed by atoms with Crippen molar-refractivity contribution >= 4 is 17.7 Å². The summed E-state index contributed by atoms with van der Waals surface area (Å²) in [4.78, 5) is 17.3. The highest BCUT2D eigenvalue weighted by atomic mass is 32.2. The van der Waals surface area contributed by atoms with Gasteiger partial charge < -0.3 is 9.88 Å². The molecule has 2 aromatic carbocycles. The van der Waals surface area contributed by atoms with Crippen molar-refractivity contribution < 1.29 is 4.79 Å². The second kappa shape index (κ2) is 7.29. The molecule has 1 aliphatic rings. The van der Waals surface area contributed by atoms with Gasteiger partial charge in [-0.3, -0.25) is 4.79 Å². The zero-order valence-corrected chi connectivity index (χ0v) is 15.7. The van der Waals surface area contributed by atoms with E-state index in [9.17, 15) is 4.79 Å². The predicted molar refractivity (Wildman–Crippen MR) is 105 cm³/mol. The van der Waals surface area contributed by atoms with Gasteiger partial charge in [0.25, 0.3) is 5.91 Å². The zero-order valence-electron chi connectivity index (χ0n) is 14.9. The molecule has 6 heteroatoms. The molecule has 0 saturated heterocycles. The molecule has 0 aliphatic carbocycles. The highest BCUT2D eigenvalue weighted by Gasteiger charge is 2.23. The molecule has 5 nitrogen and oxygen atoms in total. The second-order valence-electron chi connectivity index (χ2n) is 6.43. The van der Waals surface area contributed by atoms with Gasteiger partial charge in [0.05, 0.1) is 29.6 Å². The molecule has 0 fully saturated rings. The Balaban J connectivity index is 1.58. The topological polar surface area (TPSA) is 70.7 Å². The first-order valence-corrected chi connectivity index (χ1v) is 9.72. The maximum absolute atomic E-state index is 12.5. The van der Waals surface area contributed by atoms with Gasteiger partial charge >= 0.3 is 0 Å². The first kappa shape index (κ1) is 17.4. The van der Waals surface area contributed by atoms with Crippen LogP contribution in [-0.2, 0) is 13.1 Å². The van der Waals surface area contributed by atoms with Gasteiger partial charge in [0.2, 0.25) is 0 Å². The van der Waals surface area contributed by atoms with Crippen LogP contribution in [-0.4, -0.2) is 21.2 Å². The molecule has 1 amide bonds. The fourth-order valence-electron chi connectivity index (χ4n) is 3.12. The highest BCUT2D eigenvalue weighted by Crippen LogP contribution is 2.33. The van der Waals surface area contributed by atoms with Crippen molar-refractivity contribution in [1.29, 1.82) is 5.26 Å². The SMILES string of the molecule is Cc1ccc(-c2nc3n(c2CNC(=O)c2ccc(C#N)cc2)CCS3)cc1. The smallest absolute Gasteiger partial charge is 0.251 e. The summed E-state index contributed by atoms with van der Waals surface area (Å²) >= 11 is 1.74. The van der Waals surface area contributed by atoms with Crippen molar-refractivity contribution in [3.8, 4) is 17.3 Å². The summed E-state index contributed by atoms with van der Waals surface area (Å²) in [6.45, 7) is 3.38. The standard InChI is InChI=1S/C21H18N4OS/c1-14-2-6-16(7-3-14)19-18(25-10-11-27-21(25)24-19)13-23-20(26)17-8-4-15(12-22)5-9-17/h2-9H,10-11,13H2,1H3,(H,23,26). The molecule has 0 unspecified atom stereocenters. The van der Waals surface area contributed by atoms with Crippen molar-refractivity contribution in [2.24, 2.45) is 0 Å². The first-order chi connectivity index (χ1) is 13.2. The van der Waals surface area contributed by atoms with E-state index in [4.69, 9.17) is 10.2 Å². The predicted octanol–water partition coefficient (Wildman–Crippen LogP) is 3.77. The van der Waals surface area contributed by atoms with Crippen LogP contribution in [0.5, 0.6) is 0 Å². The summed E-state index contributed by atoms with van der Waals surface area (Å²) in [6, 6.07) is 17.0. The van der Waals surface area contributed by atoms with E-state index >= 15 is 0 Å². The quantitative estimate of drug-likeness (QED) is 0.755. The highest BCUT2D eigenvalue weighted by molar-refractivity contribution is 7.99. The first-order valence-electron chi connectivity index (χ1n) is 8.73. The van der Waals surface area contributed by atoms with E-state index in [1.165, 1.54) is 5.56 Å². The molecular weight excluding hydrogens is 356 g/mol. The number of carbonyl (C=O) groups excluding carboxylic acids is 1. The summed E-state index contributed by atoms with van der Waals surface area (Å²) in [5, 5.41) is 12.9. The Bertz CT molecular complexity index is 1030. The molecule has 0 saturated carbocycles. The molecule has 27 heavy (non-hydrogen) atoms. The lowest BCUT2D eigenvalue weighted by Gasteiger charge is -2.10. The average molecular weight is 374 g/mol. The van der Waals surface area contributed by atoms with Crippen LogP contribution >= 0.6 is 11.8 Å². The van der Waals surface area contributed by atoms with E-state index in [0.29, 0.717) is 17.7 Å². The van der Waals surface area contributed by atoms with E-state index in [1.807, 2.05) is 0 Å². The number of hydrogen-bond acceptors (Lipinski definition) is 4. The van der Waals surface area contributed by atoms with Gasteiger partial charge in [-0.2, -0.15) is 5.26 Å². The number of benzene rings is 2. The molecule has 1 N–H and O–H groups in total. The number of rotatable bonds is 4. The number of aryl methyl sites for hydroxylation is 1. The Kier molecular flexibility index (Phi) is 4.69. The van der Waals surface area contributed by atoms with E-state index < -0.39 is 0 Å². The third-order valence-corrected chi connectivity index (χ3v) is 5.56. The molecule has 0 bridgehead atoms. The van der Waals surface area contributed by atoms with Crippen LogP contribution in [0, 0.1) is 18.3 Å². The lowest BCUT2D eigenvalue weighted by atomic mass is 10.1. The van der Waals surface area contributed by atoms with E-state index in [0.717, 1.165) is 34.4 Å². The number of carbonyl (C=O) groups is 1. The minimum Gasteiger partial charge on any atom is -0.346 e. The summed E-state index contributed by atoms with van der Waals surface area (Å²) in [7, 11) is 0. The van der Waals surface area contributed by atoms with Gasteiger partial charge in [-0.1, -0.05) is 41.6 Å². The Morgan fingerprint density at radius 2 is 1.96 bits per heavy atom. The van der Waals surface area contributed by atoms with Crippen molar-refractivity contribution in [3.05, 3.63) is 70.9 Å². The van der Waals surface area contributed by atoms with Crippen LogP contribution in [0.25, 0.3) is 11.3 Å². The monoisotopic (exact) mass is 374 g/mol. The molecule has 1 aliphatic heterocycles. The van der Waals surface area contributed by atoms with Gasteiger partial charge in [0.1, 0.15) is 0 Å². The van der Waals surface area contributed by atoms with Gasteiger partial charge in [-0.05, 0) is 31.2 Å². The number of aromatic nitrogens is 2. The summed E-state index contributed by atoms with van der Waals surface area (Å²) in [6.07, 6.45) is 0. The van der Waals surface area contributed by atoms with Gasteiger partial charge in [-0.15, -0.1) is 0 Å². The molecule has 2 heterocycles. The third kappa shape index (κ3) is 3.46. The van der Waals surface area contributed by atoms with E-state index in [1.54, 1.807) is 36.0 Å². The molecule has 0 radical (unpaired) electrons. The summed E-state index contributed by atoms with van der Waals surface area (Å²) in [5.41, 5.74) is 5.31. The lowest BCUT2D eigenvalue weighted by molar-refractivity contribution is 0.0950. The van der Waals surface area contributed by atoms with Crippen LogP contribution in [0.2, 0.25) is 0 Å². The van der Waals surface area contributed by atoms with Gasteiger partial charge in [-0.25, -0.2) is 4.98 Å². The summed E-state index contributed by atoms with van der Waals surface area (Å²) < 4.78 is 2.19. The molecule has 0 atom stereocenters. The minimum absolute atomic E-state index is 0.157. The second-order valence-corrected chi connectivity index (χ2v) is 7.49. The molecule has 1 aromatic heterocycles. The van der Waals surface area contributed by atoms with Gasteiger partial charge in [0, 0.05) is 23.4 Å². The van der Waals surface area contributed by atoms with Crippen molar-refractivity contribution in [1.82, 2.24) is 14.9 Å². The van der Waals surface area contributed by atoms with Crippen LogP contribution in [0.15, 0.2) is 53.7 Å². The normalized spacial score (nSPS) is 12.4. The zero-order chi connectivity index (χ0) is 18.8. The largest absolute Gasteiger partial charge is 0.346 e. The van der Waals surface area contributed by atoms with Crippen LogP contribution < -0.4 is 5.32 Å². The number of nitrogens with zero attached hydrogens (tertiary/aromatic N) is 3. The number of hydrogen-bond donors (Lipinski definition) is 1. The number of fused-ring (bicyclic) bond motifs is 1. The lowest BCUT2D eigenvalue weighted by Crippen LogP contribution is -2.24. The van der Waals surface area contributed by atoms with E-state index in [2.05, 4.69) is 47.1 Å². The van der Waals surface area contributed by atoms with Gasteiger partial charge in [0.15, 0.2) is 5.16 Å². The van der Waals surface area contributed by atoms with E-state index in [-0.39, 0.29) is 5.91 Å². The Hall–Kier alpha value is -3.04. The molecule has 4 rings (SSSR count). The van der Waals surface area contributed by atoms with Crippen LogP contribution in [0.3, 0.4) is 0 Å². The number of nitriles is 1. The van der Waals surface area contributed by atoms with Crippen LogP contribution in [0.4, 0.5) is 0 Å². The summed E-state index contributed by atoms with van der Waals surface area (Å²) in [5.74, 6) is 0.850. The van der Waals surface area contributed by atoms with Crippen LogP contribution in [0.1, 0.15) is 27.2 Å². The Labute approximate surface area is 162 Å². The Morgan fingerprint density at radius 3 is 2.67 bits per heavy atom. The molecular formula is C21H18N4OS.